The lowest BCUT2D eigenvalue weighted by molar-refractivity contribution is 0.0994. The van der Waals surface area contributed by atoms with Crippen LogP contribution < -0.4 is 20.9 Å². The first-order valence-electron chi connectivity index (χ1n) is 6.32. The van der Waals surface area contributed by atoms with Gasteiger partial charge in [0.05, 0.1) is 6.61 Å². The second kappa shape index (κ2) is 6.13. The second-order valence-electron chi connectivity index (χ2n) is 4.18. The SMILES string of the molecule is CCOc1cccc(Oc2cccc(F)c2C(N)=O)c1N. The summed E-state index contributed by atoms with van der Waals surface area (Å²) in [5, 5.41) is 0. The third-order valence-electron chi connectivity index (χ3n) is 2.77. The predicted octanol–water partition coefficient (Wildman–Crippen LogP) is 2.70. The molecule has 6 heteroatoms. The molecule has 5 nitrogen and oxygen atoms in total. The molecule has 2 rings (SSSR count). The third-order valence-corrected chi connectivity index (χ3v) is 2.77. The van der Waals surface area contributed by atoms with Gasteiger partial charge in [-0.25, -0.2) is 4.39 Å². The van der Waals surface area contributed by atoms with Gasteiger partial charge in [-0.3, -0.25) is 4.79 Å². The molecule has 110 valence electrons. The van der Waals surface area contributed by atoms with E-state index < -0.39 is 11.7 Å². The fourth-order valence-corrected chi connectivity index (χ4v) is 1.84. The van der Waals surface area contributed by atoms with E-state index in [1.807, 2.05) is 6.92 Å². The largest absolute Gasteiger partial charge is 0.492 e. The van der Waals surface area contributed by atoms with Crippen LogP contribution in [0.1, 0.15) is 17.3 Å². The molecule has 0 heterocycles. The van der Waals surface area contributed by atoms with Crippen LogP contribution in [0.5, 0.6) is 17.2 Å². The number of ether oxygens (including phenoxy) is 2. The van der Waals surface area contributed by atoms with Crippen molar-refractivity contribution >= 4 is 11.6 Å². The molecule has 0 radical (unpaired) electrons. The molecule has 0 aliphatic carbocycles. The summed E-state index contributed by atoms with van der Waals surface area (Å²) < 4.78 is 24.5. The van der Waals surface area contributed by atoms with Gasteiger partial charge >= 0.3 is 0 Å². The Balaban J connectivity index is 2.42. The lowest BCUT2D eigenvalue weighted by Gasteiger charge is -2.14. The minimum Gasteiger partial charge on any atom is -0.492 e. The first-order chi connectivity index (χ1) is 10.0. The van der Waals surface area contributed by atoms with Crippen LogP contribution >= 0.6 is 0 Å². The van der Waals surface area contributed by atoms with Crippen molar-refractivity contribution in [2.45, 2.75) is 6.92 Å². The van der Waals surface area contributed by atoms with Crippen molar-refractivity contribution in [3.05, 3.63) is 47.8 Å². The highest BCUT2D eigenvalue weighted by Crippen LogP contribution is 2.36. The van der Waals surface area contributed by atoms with E-state index in [1.165, 1.54) is 12.1 Å². The number of hydrogen-bond donors (Lipinski definition) is 2. The fraction of sp³-hybridized carbons (Fsp3) is 0.133. The zero-order valence-corrected chi connectivity index (χ0v) is 11.4. The fourth-order valence-electron chi connectivity index (χ4n) is 1.84. The van der Waals surface area contributed by atoms with Gasteiger partial charge in [0, 0.05) is 0 Å². The lowest BCUT2D eigenvalue weighted by atomic mass is 10.1. The van der Waals surface area contributed by atoms with Crippen molar-refractivity contribution in [1.82, 2.24) is 0 Å². The first-order valence-corrected chi connectivity index (χ1v) is 6.32. The van der Waals surface area contributed by atoms with Crippen molar-refractivity contribution in [2.24, 2.45) is 5.73 Å². The van der Waals surface area contributed by atoms with E-state index >= 15 is 0 Å². The molecule has 2 aromatic rings. The molecule has 0 saturated carbocycles. The quantitative estimate of drug-likeness (QED) is 0.829. The van der Waals surface area contributed by atoms with Crippen LogP contribution in [0.3, 0.4) is 0 Å². The van der Waals surface area contributed by atoms with Crippen molar-refractivity contribution in [2.75, 3.05) is 12.3 Å². The van der Waals surface area contributed by atoms with Gasteiger partial charge in [-0.05, 0) is 31.2 Å². The van der Waals surface area contributed by atoms with Crippen LogP contribution in [0.25, 0.3) is 0 Å². The summed E-state index contributed by atoms with van der Waals surface area (Å²) in [6.07, 6.45) is 0. The van der Waals surface area contributed by atoms with E-state index in [2.05, 4.69) is 0 Å². The van der Waals surface area contributed by atoms with Crippen LogP contribution in [0.15, 0.2) is 36.4 Å². The van der Waals surface area contributed by atoms with Crippen LogP contribution in [0.2, 0.25) is 0 Å². The zero-order valence-electron chi connectivity index (χ0n) is 11.4. The monoisotopic (exact) mass is 290 g/mol. The number of hydrogen-bond acceptors (Lipinski definition) is 4. The molecule has 4 N–H and O–H groups in total. The van der Waals surface area contributed by atoms with Gasteiger partial charge in [0.15, 0.2) is 5.75 Å². The molecule has 0 atom stereocenters. The van der Waals surface area contributed by atoms with Crippen LogP contribution in [-0.2, 0) is 0 Å². The van der Waals surface area contributed by atoms with Crippen molar-refractivity contribution in [3.8, 4) is 17.2 Å². The molecular weight excluding hydrogens is 275 g/mol. The Hall–Kier alpha value is -2.76. The smallest absolute Gasteiger partial charge is 0.255 e. The second-order valence-corrected chi connectivity index (χ2v) is 4.18. The first kappa shape index (κ1) is 14.6. The maximum atomic E-state index is 13.7. The number of anilines is 1. The topological polar surface area (TPSA) is 87.6 Å². The Labute approximate surface area is 121 Å². The van der Waals surface area contributed by atoms with Crippen molar-refractivity contribution in [1.29, 1.82) is 0 Å². The molecule has 1 amide bonds. The normalized spacial score (nSPS) is 10.2. The lowest BCUT2D eigenvalue weighted by Crippen LogP contribution is -2.14. The van der Waals surface area contributed by atoms with Gasteiger partial charge in [-0.2, -0.15) is 0 Å². The van der Waals surface area contributed by atoms with E-state index in [0.717, 1.165) is 6.07 Å². The molecule has 0 fully saturated rings. The Morgan fingerprint density at radius 1 is 1.14 bits per heavy atom. The molecule has 0 aliphatic heterocycles. The van der Waals surface area contributed by atoms with Crippen LogP contribution in [-0.4, -0.2) is 12.5 Å². The summed E-state index contributed by atoms with van der Waals surface area (Å²) in [5.41, 5.74) is 11.0. The molecule has 2 aromatic carbocycles. The van der Waals surface area contributed by atoms with E-state index in [-0.39, 0.29) is 22.7 Å². The standard InChI is InChI=1S/C15H15FN2O3/c1-2-20-11-7-4-8-12(14(11)17)21-10-6-3-5-9(16)13(10)15(18)19/h3-8H,2,17H2,1H3,(H2,18,19). The van der Waals surface area contributed by atoms with E-state index in [9.17, 15) is 9.18 Å². The number of carbonyl (C=O) groups is 1. The minimum atomic E-state index is -0.914. The summed E-state index contributed by atoms with van der Waals surface area (Å²) in [7, 11) is 0. The molecule has 0 aliphatic rings. The van der Waals surface area contributed by atoms with Gasteiger partial charge in [0.25, 0.3) is 5.91 Å². The van der Waals surface area contributed by atoms with Gasteiger partial charge in [-0.1, -0.05) is 12.1 Å². The molecule has 0 spiro atoms. The number of primary amides is 1. The van der Waals surface area contributed by atoms with Gasteiger partial charge in [-0.15, -0.1) is 0 Å². The Morgan fingerprint density at radius 2 is 1.76 bits per heavy atom. The summed E-state index contributed by atoms with van der Waals surface area (Å²) >= 11 is 0. The minimum absolute atomic E-state index is 0.00264. The van der Waals surface area contributed by atoms with Gasteiger partial charge in [0.2, 0.25) is 0 Å². The van der Waals surface area contributed by atoms with Crippen LogP contribution in [0, 0.1) is 5.82 Å². The molecular formula is C15H15FN2O3. The Kier molecular flexibility index (Phi) is 4.27. The number of amides is 1. The molecule has 0 unspecified atom stereocenters. The molecule has 21 heavy (non-hydrogen) atoms. The number of carbonyl (C=O) groups excluding carboxylic acids is 1. The highest BCUT2D eigenvalue weighted by Gasteiger charge is 2.17. The molecule has 0 bridgehead atoms. The highest BCUT2D eigenvalue weighted by atomic mass is 19.1. The summed E-state index contributed by atoms with van der Waals surface area (Å²) in [6.45, 7) is 2.27. The number of nitrogen functional groups attached to an aromatic ring is 1. The van der Waals surface area contributed by atoms with E-state index in [0.29, 0.717) is 12.4 Å². The highest BCUT2D eigenvalue weighted by molar-refractivity contribution is 5.96. The van der Waals surface area contributed by atoms with Gasteiger partial charge < -0.3 is 20.9 Å². The van der Waals surface area contributed by atoms with Gasteiger partial charge in [0.1, 0.15) is 28.6 Å². The average molecular weight is 290 g/mol. The molecule has 0 aromatic heterocycles. The Bertz CT molecular complexity index is 674. The predicted molar refractivity (Wildman–Crippen MR) is 77.0 cm³/mol. The Morgan fingerprint density at radius 3 is 2.43 bits per heavy atom. The number of benzene rings is 2. The number of rotatable bonds is 5. The molecule has 0 saturated heterocycles. The maximum absolute atomic E-state index is 13.7. The number of para-hydroxylation sites is 1. The van der Waals surface area contributed by atoms with Crippen molar-refractivity contribution < 1.29 is 18.7 Å². The average Bonchev–Trinajstić information content (AvgIpc) is 2.43. The summed E-state index contributed by atoms with van der Waals surface area (Å²) in [5.74, 6) is -0.953. The van der Waals surface area contributed by atoms with E-state index in [4.69, 9.17) is 20.9 Å². The zero-order chi connectivity index (χ0) is 15.4. The van der Waals surface area contributed by atoms with Crippen LogP contribution in [0.4, 0.5) is 10.1 Å². The summed E-state index contributed by atoms with van der Waals surface area (Å²) in [6, 6.07) is 8.95. The van der Waals surface area contributed by atoms with E-state index in [1.54, 1.807) is 18.2 Å². The maximum Gasteiger partial charge on any atom is 0.255 e. The third kappa shape index (κ3) is 3.05. The number of nitrogens with two attached hydrogens (primary N) is 2. The number of halogens is 1. The van der Waals surface area contributed by atoms with Crippen molar-refractivity contribution in [3.63, 3.8) is 0 Å². The summed E-state index contributed by atoms with van der Waals surface area (Å²) in [4.78, 5) is 11.3.